The highest BCUT2D eigenvalue weighted by Gasteiger charge is 2.08. The number of ether oxygens (including phenoxy) is 1. The van der Waals surface area contributed by atoms with E-state index >= 15 is 0 Å². The number of rotatable bonds is 5. The number of hydrogen-bond donors (Lipinski definition) is 2. The first-order chi connectivity index (χ1) is 10.1. The second kappa shape index (κ2) is 7.50. The highest BCUT2D eigenvalue weighted by molar-refractivity contribution is 6.30. The first-order valence-electron chi connectivity index (χ1n) is 6.49. The summed E-state index contributed by atoms with van der Waals surface area (Å²) in [6.07, 6.45) is 2.91. The van der Waals surface area contributed by atoms with Gasteiger partial charge in [-0.15, -0.1) is 0 Å². The molecule has 0 saturated carbocycles. The van der Waals surface area contributed by atoms with Crippen molar-refractivity contribution in [2.24, 2.45) is 0 Å². The number of nitrogens with zero attached hydrogens (tertiary/aromatic N) is 1. The minimum absolute atomic E-state index is 0.298. The first-order valence-corrected chi connectivity index (χ1v) is 6.87. The van der Waals surface area contributed by atoms with Crippen LogP contribution in [0.4, 0.5) is 4.79 Å². The summed E-state index contributed by atoms with van der Waals surface area (Å²) in [5.74, 6) is 0.640. The zero-order valence-corrected chi connectivity index (χ0v) is 12.3. The highest BCUT2D eigenvalue weighted by atomic mass is 35.5. The van der Waals surface area contributed by atoms with Crippen LogP contribution >= 0.6 is 11.6 Å². The van der Waals surface area contributed by atoms with Crippen molar-refractivity contribution in [1.29, 1.82) is 0 Å². The summed E-state index contributed by atoms with van der Waals surface area (Å²) in [7, 11) is 0. The van der Waals surface area contributed by atoms with Crippen LogP contribution in [0.2, 0.25) is 5.02 Å². The summed E-state index contributed by atoms with van der Waals surface area (Å²) in [4.78, 5) is 15.6. The average molecular weight is 306 g/mol. The van der Waals surface area contributed by atoms with E-state index in [2.05, 4.69) is 15.6 Å². The number of nitrogens with one attached hydrogen (secondary N) is 2. The Hall–Kier alpha value is -2.27. The van der Waals surface area contributed by atoms with Crippen LogP contribution in [0, 0.1) is 0 Å². The van der Waals surface area contributed by atoms with E-state index in [0.717, 1.165) is 5.56 Å². The summed E-state index contributed by atoms with van der Waals surface area (Å²) < 4.78 is 5.55. The second-order valence-corrected chi connectivity index (χ2v) is 4.83. The number of carbonyl (C=O) groups is 1. The van der Waals surface area contributed by atoms with E-state index in [1.54, 1.807) is 43.6 Å². The molecule has 1 aromatic heterocycles. The lowest BCUT2D eigenvalue weighted by molar-refractivity contribution is 0.177. The van der Waals surface area contributed by atoms with Crippen molar-refractivity contribution in [3.05, 3.63) is 59.4 Å². The highest BCUT2D eigenvalue weighted by Crippen LogP contribution is 2.16. The van der Waals surface area contributed by atoms with Gasteiger partial charge in [0.25, 0.3) is 0 Å². The molecule has 1 unspecified atom stereocenters. The van der Waals surface area contributed by atoms with Crippen molar-refractivity contribution in [3.63, 3.8) is 0 Å². The number of aromatic nitrogens is 1. The Morgan fingerprint density at radius 1 is 1.24 bits per heavy atom. The topological polar surface area (TPSA) is 63.2 Å². The SMILES string of the molecule is CC(NC(=O)NCc1ccncc1)Oc1ccc(Cl)cc1. The lowest BCUT2D eigenvalue weighted by Crippen LogP contribution is -2.43. The molecule has 110 valence electrons. The number of hydrogen-bond acceptors (Lipinski definition) is 3. The van der Waals surface area contributed by atoms with Crippen molar-refractivity contribution in [3.8, 4) is 5.75 Å². The molecule has 2 aromatic rings. The fraction of sp³-hybridized carbons (Fsp3) is 0.200. The molecule has 2 rings (SSSR count). The lowest BCUT2D eigenvalue weighted by atomic mass is 10.3. The van der Waals surface area contributed by atoms with Gasteiger partial charge in [0.15, 0.2) is 6.23 Å². The molecule has 1 heterocycles. The second-order valence-electron chi connectivity index (χ2n) is 4.40. The van der Waals surface area contributed by atoms with E-state index in [-0.39, 0.29) is 6.03 Å². The monoisotopic (exact) mass is 305 g/mol. The summed E-state index contributed by atoms with van der Waals surface area (Å²) in [6.45, 7) is 2.18. The summed E-state index contributed by atoms with van der Waals surface area (Å²) in [6, 6.07) is 10.3. The number of carbonyl (C=O) groups excluding carboxylic acids is 1. The number of amides is 2. The summed E-state index contributed by atoms with van der Waals surface area (Å²) >= 11 is 5.79. The minimum atomic E-state index is -0.455. The molecule has 21 heavy (non-hydrogen) atoms. The van der Waals surface area contributed by atoms with Crippen LogP contribution in [-0.2, 0) is 6.54 Å². The van der Waals surface area contributed by atoms with E-state index in [1.807, 2.05) is 12.1 Å². The standard InChI is InChI=1S/C15H16ClN3O2/c1-11(21-14-4-2-13(16)3-5-14)19-15(20)18-10-12-6-8-17-9-7-12/h2-9,11H,10H2,1H3,(H2,18,19,20). The van der Waals surface area contributed by atoms with Gasteiger partial charge in [0.05, 0.1) is 0 Å². The number of pyridine rings is 1. The fourth-order valence-corrected chi connectivity index (χ4v) is 1.79. The molecule has 0 aliphatic heterocycles. The molecule has 2 amide bonds. The van der Waals surface area contributed by atoms with Crippen molar-refractivity contribution < 1.29 is 9.53 Å². The van der Waals surface area contributed by atoms with Crippen molar-refractivity contribution in [2.45, 2.75) is 19.7 Å². The maximum Gasteiger partial charge on any atom is 0.317 e. The van der Waals surface area contributed by atoms with Crippen molar-refractivity contribution in [1.82, 2.24) is 15.6 Å². The molecule has 0 aliphatic rings. The molecule has 0 fully saturated rings. The van der Waals surface area contributed by atoms with Crippen LogP contribution in [-0.4, -0.2) is 17.2 Å². The fourth-order valence-electron chi connectivity index (χ4n) is 1.67. The van der Waals surface area contributed by atoms with Gasteiger partial charge in [0, 0.05) is 24.0 Å². The Morgan fingerprint density at radius 3 is 2.57 bits per heavy atom. The maximum atomic E-state index is 11.7. The van der Waals surface area contributed by atoms with Gasteiger partial charge < -0.3 is 15.4 Å². The molecule has 0 saturated heterocycles. The maximum absolute atomic E-state index is 11.7. The number of urea groups is 1. The van der Waals surface area contributed by atoms with Crippen LogP contribution in [0.15, 0.2) is 48.8 Å². The summed E-state index contributed by atoms with van der Waals surface area (Å²) in [5, 5.41) is 6.08. The number of halogens is 1. The van der Waals surface area contributed by atoms with Crippen LogP contribution in [0.5, 0.6) is 5.75 Å². The molecule has 5 nitrogen and oxygen atoms in total. The van der Waals surface area contributed by atoms with Gasteiger partial charge in [-0.25, -0.2) is 4.79 Å². The van der Waals surface area contributed by atoms with Crippen molar-refractivity contribution >= 4 is 17.6 Å². The van der Waals surface area contributed by atoms with Crippen LogP contribution in [0.3, 0.4) is 0 Å². The predicted octanol–water partition coefficient (Wildman–Crippen LogP) is 2.96. The molecule has 0 aliphatic carbocycles. The Bertz CT molecular complexity index is 575. The third-order valence-corrected chi connectivity index (χ3v) is 2.92. The third-order valence-electron chi connectivity index (χ3n) is 2.66. The van der Waals surface area contributed by atoms with Gasteiger partial charge in [-0.1, -0.05) is 11.6 Å². The molecule has 2 N–H and O–H groups in total. The molecular formula is C15H16ClN3O2. The molecule has 6 heteroatoms. The molecule has 0 spiro atoms. The van der Waals surface area contributed by atoms with Crippen LogP contribution in [0.1, 0.15) is 12.5 Å². The summed E-state index contributed by atoms with van der Waals surface area (Å²) in [5.41, 5.74) is 0.978. The zero-order valence-electron chi connectivity index (χ0n) is 11.5. The van der Waals surface area contributed by atoms with Gasteiger partial charge in [-0.2, -0.15) is 0 Å². The average Bonchev–Trinajstić information content (AvgIpc) is 2.48. The van der Waals surface area contributed by atoms with Gasteiger partial charge >= 0.3 is 6.03 Å². The first kappa shape index (κ1) is 15.1. The molecule has 0 radical (unpaired) electrons. The Morgan fingerprint density at radius 2 is 1.90 bits per heavy atom. The predicted molar refractivity (Wildman–Crippen MR) is 81.2 cm³/mol. The smallest absolute Gasteiger partial charge is 0.317 e. The van der Waals surface area contributed by atoms with Gasteiger partial charge in [0.2, 0.25) is 0 Å². The van der Waals surface area contributed by atoms with Gasteiger partial charge in [-0.05, 0) is 48.9 Å². The normalized spacial score (nSPS) is 11.5. The molecule has 1 aromatic carbocycles. The quantitative estimate of drug-likeness (QED) is 0.835. The van der Waals surface area contributed by atoms with Crippen molar-refractivity contribution in [2.75, 3.05) is 0 Å². The third kappa shape index (κ3) is 5.31. The zero-order chi connectivity index (χ0) is 15.1. The molecule has 0 bridgehead atoms. The van der Waals surface area contributed by atoms with E-state index in [1.165, 1.54) is 0 Å². The Balaban J connectivity index is 1.75. The van der Waals surface area contributed by atoms with Gasteiger partial charge in [-0.3, -0.25) is 4.98 Å². The van der Waals surface area contributed by atoms with Crippen LogP contribution < -0.4 is 15.4 Å². The number of benzene rings is 1. The molecule has 1 atom stereocenters. The lowest BCUT2D eigenvalue weighted by Gasteiger charge is -2.16. The van der Waals surface area contributed by atoms with Gasteiger partial charge in [0.1, 0.15) is 5.75 Å². The Labute approximate surface area is 128 Å². The Kier molecular flexibility index (Phi) is 5.40. The van der Waals surface area contributed by atoms with E-state index < -0.39 is 6.23 Å². The van der Waals surface area contributed by atoms with Crippen LogP contribution in [0.25, 0.3) is 0 Å². The van der Waals surface area contributed by atoms with E-state index in [9.17, 15) is 4.79 Å². The minimum Gasteiger partial charge on any atom is -0.471 e. The largest absolute Gasteiger partial charge is 0.471 e. The van der Waals surface area contributed by atoms with E-state index in [0.29, 0.717) is 17.3 Å². The molecular weight excluding hydrogens is 290 g/mol. The van der Waals surface area contributed by atoms with E-state index in [4.69, 9.17) is 16.3 Å².